The van der Waals surface area contributed by atoms with Crippen LogP contribution in [0, 0.1) is 18.6 Å². The van der Waals surface area contributed by atoms with E-state index in [1.54, 1.807) is 6.33 Å². The van der Waals surface area contributed by atoms with Crippen molar-refractivity contribution in [3.05, 3.63) is 40.4 Å². The van der Waals surface area contributed by atoms with Gasteiger partial charge in [0.05, 0.1) is 23.9 Å². The quantitative estimate of drug-likeness (QED) is 0.702. The Kier molecular flexibility index (Phi) is 5.43. The van der Waals surface area contributed by atoms with Crippen LogP contribution in [0.5, 0.6) is 0 Å². The zero-order chi connectivity index (χ0) is 19.9. The van der Waals surface area contributed by atoms with Gasteiger partial charge in [0.25, 0.3) is 0 Å². The van der Waals surface area contributed by atoms with Crippen molar-refractivity contribution in [2.24, 2.45) is 0 Å². The molecule has 1 unspecified atom stereocenters. The Hall–Kier alpha value is -1.55. The minimum Gasteiger partial charge on any atom is -0.297 e. The summed E-state index contributed by atoms with van der Waals surface area (Å²) < 4.78 is 28.0. The maximum Gasteiger partial charge on any atom is 0.203 e. The molecule has 1 atom stereocenters. The van der Waals surface area contributed by atoms with Gasteiger partial charge >= 0.3 is 0 Å². The van der Waals surface area contributed by atoms with E-state index in [9.17, 15) is 8.42 Å². The number of sulfone groups is 1. The van der Waals surface area contributed by atoms with E-state index in [0.29, 0.717) is 22.9 Å². The minimum atomic E-state index is -2.83. The molecule has 0 aliphatic carbocycles. The Bertz CT molecular complexity index is 1020. The van der Waals surface area contributed by atoms with Crippen LogP contribution in [0.25, 0.3) is 5.69 Å². The van der Waals surface area contributed by atoms with Crippen LogP contribution in [0.15, 0.2) is 24.5 Å². The van der Waals surface area contributed by atoms with Gasteiger partial charge in [0.1, 0.15) is 6.33 Å². The summed E-state index contributed by atoms with van der Waals surface area (Å²) in [5.74, 6) is 0.654. The zero-order valence-corrected chi connectivity index (χ0v) is 18.0. The van der Waals surface area contributed by atoms with Gasteiger partial charge in [-0.3, -0.25) is 14.4 Å². The van der Waals surface area contributed by atoms with Gasteiger partial charge in [0.2, 0.25) is 4.77 Å². The number of hydrogen-bond acceptors (Lipinski definition) is 6. The Balaban J connectivity index is 1.40. The Morgan fingerprint density at radius 3 is 2.57 bits per heavy atom. The molecule has 1 aromatic carbocycles. The zero-order valence-electron chi connectivity index (χ0n) is 16.4. The number of piperazine rings is 1. The van der Waals surface area contributed by atoms with Crippen molar-refractivity contribution in [2.75, 3.05) is 37.7 Å². The van der Waals surface area contributed by atoms with Crippen LogP contribution in [0.2, 0.25) is 0 Å². The molecule has 2 saturated heterocycles. The topological polar surface area (TPSA) is 63.4 Å². The molecule has 2 aromatic rings. The van der Waals surface area contributed by atoms with E-state index in [-0.39, 0.29) is 6.04 Å². The fraction of sp³-hybridized carbons (Fsp3) is 0.579. The van der Waals surface area contributed by atoms with Crippen LogP contribution in [0.1, 0.15) is 17.5 Å². The molecule has 2 aliphatic heterocycles. The molecule has 28 heavy (non-hydrogen) atoms. The fourth-order valence-electron chi connectivity index (χ4n) is 4.20. The first-order valence-electron chi connectivity index (χ1n) is 9.71. The molecule has 1 aromatic heterocycles. The molecule has 2 fully saturated rings. The van der Waals surface area contributed by atoms with E-state index < -0.39 is 9.84 Å². The standard InChI is InChI=1S/C19H27N5O2S2/c1-15-3-4-18(16(2)11-15)23-13-20-24(19(23)27)14-21-6-8-22(9-7-21)17-5-10-28(25,26)12-17/h3-4,11,13,17H,5-10,12,14H2,1-2H3. The molecule has 0 spiro atoms. The van der Waals surface area contributed by atoms with Crippen molar-refractivity contribution in [3.63, 3.8) is 0 Å². The molecule has 0 saturated carbocycles. The first kappa shape index (κ1) is 19.8. The monoisotopic (exact) mass is 421 g/mol. The third kappa shape index (κ3) is 4.07. The average Bonchev–Trinajstić information content (AvgIpc) is 3.19. The lowest BCUT2D eigenvalue weighted by Crippen LogP contribution is -2.50. The first-order chi connectivity index (χ1) is 13.3. The van der Waals surface area contributed by atoms with Crippen molar-refractivity contribution in [1.29, 1.82) is 0 Å². The summed E-state index contributed by atoms with van der Waals surface area (Å²) in [6.45, 7) is 8.41. The van der Waals surface area contributed by atoms with Crippen LogP contribution < -0.4 is 0 Å². The van der Waals surface area contributed by atoms with E-state index >= 15 is 0 Å². The number of aromatic nitrogens is 3. The van der Waals surface area contributed by atoms with Crippen molar-refractivity contribution >= 4 is 22.1 Å². The maximum atomic E-state index is 11.7. The van der Waals surface area contributed by atoms with Gasteiger partial charge in [-0.1, -0.05) is 17.7 Å². The van der Waals surface area contributed by atoms with Crippen LogP contribution >= 0.6 is 12.2 Å². The Morgan fingerprint density at radius 2 is 1.93 bits per heavy atom. The number of rotatable bonds is 4. The van der Waals surface area contributed by atoms with E-state index in [4.69, 9.17) is 12.2 Å². The second-order valence-corrected chi connectivity index (χ2v) is 10.5. The van der Waals surface area contributed by atoms with Crippen molar-refractivity contribution < 1.29 is 8.42 Å². The maximum absolute atomic E-state index is 11.7. The SMILES string of the molecule is Cc1ccc(-n2cnn(CN3CCN(C4CCS(=O)(=O)C4)CC3)c2=S)c(C)c1. The molecule has 2 aliphatic rings. The number of aryl methyl sites for hydroxylation is 2. The Morgan fingerprint density at radius 1 is 1.18 bits per heavy atom. The third-order valence-electron chi connectivity index (χ3n) is 5.81. The van der Waals surface area contributed by atoms with Gasteiger partial charge < -0.3 is 0 Å². The summed E-state index contributed by atoms with van der Waals surface area (Å²) in [7, 11) is -2.83. The van der Waals surface area contributed by atoms with E-state index in [2.05, 4.69) is 46.9 Å². The molecule has 0 bridgehead atoms. The molecule has 0 N–H and O–H groups in total. The van der Waals surface area contributed by atoms with Crippen LogP contribution in [0.4, 0.5) is 0 Å². The molecule has 7 nitrogen and oxygen atoms in total. The summed E-state index contributed by atoms with van der Waals surface area (Å²) in [6.07, 6.45) is 2.56. The molecule has 0 amide bonds. The van der Waals surface area contributed by atoms with Crippen LogP contribution in [0.3, 0.4) is 0 Å². The lowest BCUT2D eigenvalue weighted by atomic mass is 10.1. The van der Waals surface area contributed by atoms with Gasteiger partial charge in [-0.25, -0.2) is 13.1 Å². The second kappa shape index (κ2) is 7.70. The second-order valence-electron chi connectivity index (χ2n) is 7.93. The Labute approximate surface area is 171 Å². The van der Waals surface area contributed by atoms with Crippen LogP contribution in [-0.2, 0) is 16.5 Å². The fourth-order valence-corrected chi connectivity index (χ4v) is 6.21. The van der Waals surface area contributed by atoms with E-state index in [1.807, 2.05) is 9.25 Å². The first-order valence-corrected chi connectivity index (χ1v) is 11.9. The summed E-state index contributed by atoms with van der Waals surface area (Å²) in [4.78, 5) is 4.66. The predicted octanol–water partition coefficient (Wildman–Crippen LogP) is 1.78. The highest BCUT2D eigenvalue weighted by Gasteiger charge is 2.33. The predicted molar refractivity (Wildman–Crippen MR) is 112 cm³/mol. The summed E-state index contributed by atoms with van der Waals surface area (Å²) in [5, 5.41) is 4.51. The summed E-state index contributed by atoms with van der Waals surface area (Å²) >= 11 is 5.66. The average molecular weight is 422 g/mol. The van der Waals surface area contributed by atoms with Crippen molar-refractivity contribution in [3.8, 4) is 5.69 Å². The highest BCUT2D eigenvalue weighted by Crippen LogP contribution is 2.20. The molecule has 4 rings (SSSR count). The molecule has 152 valence electrons. The van der Waals surface area contributed by atoms with Gasteiger partial charge in [-0.2, -0.15) is 5.10 Å². The number of benzene rings is 1. The van der Waals surface area contributed by atoms with Crippen LogP contribution in [-0.4, -0.2) is 76.3 Å². The molecule has 0 radical (unpaired) electrons. The minimum absolute atomic E-state index is 0.193. The largest absolute Gasteiger partial charge is 0.297 e. The van der Waals surface area contributed by atoms with Crippen molar-refractivity contribution in [2.45, 2.75) is 33.0 Å². The number of nitrogens with zero attached hydrogens (tertiary/aromatic N) is 5. The lowest BCUT2D eigenvalue weighted by molar-refractivity contribution is 0.0808. The summed E-state index contributed by atoms with van der Waals surface area (Å²) in [6, 6.07) is 6.51. The lowest BCUT2D eigenvalue weighted by Gasteiger charge is -2.37. The number of hydrogen-bond donors (Lipinski definition) is 0. The van der Waals surface area contributed by atoms with E-state index in [0.717, 1.165) is 38.3 Å². The van der Waals surface area contributed by atoms with Gasteiger partial charge in [0, 0.05) is 32.2 Å². The van der Waals surface area contributed by atoms with Gasteiger partial charge in [-0.05, 0) is 44.1 Å². The summed E-state index contributed by atoms with van der Waals surface area (Å²) in [5.41, 5.74) is 3.47. The third-order valence-corrected chi connectivity index (χ3v) is 7.97. The smallest absolute Gasteiger partial charge is 0.203 e. The molecule has 9 heteroatoms. The van der Waals surface area contributed by atoms with Gasteiger partial charge in [0.15, 0.2) is 9.84 Å². The molecule has 3 heterocycles. The molecular formula is C19H27N5O2S2. The highest BCUT2D eigenvalue weighted by atomic mass is 32.2. The van der Waals surface area contributed by atoms with E-state index in [1.165, 1.54) is 11.1 Å². The van der Waals surface area contributed by atoms with Crippen molar-refractivity contribution in [1.82, 2.24) is 24.1 Å². The van der Waals surface area contributed by atoms with Gasteiger partial charge in [-0.15, -0.1) is 0 Å². The normalized spacial score (nSPS) is 23.3. The molecular weight excluding hydrogens is 394 g/mol. The highest BCUT2D eigenvalue weighted by molar-refractivity contribution is 7.91.